The maximum Gasteiger partial charge on any atom is 0.433 e. The summed E-state index contributed by atoms with van der Waals surface area (Å²) in [5, 5.41) is 8.27. The molecule has 1 aromatic carbocycles. The molecule has 2 aromatic heterocycles. The third-order valence-corrected chi connectivity index (χ3v) is 5.21. The van der Waals surface area contributed by atoms with E-state index in [0.717, 1.165) is 44.6 Å². The normalized spacial score (nSPS) is 15.1. The first-order valence-corrected chi connectivity index (χ1v) is 10.3. The minimum Gasteiger partial charge on any atom is -0.379 e. The van der Waals surface area contributed by atoms with Gasteiger partial charge < -0.3 is 10.1 Å². The van der Waals surface area contributed by atoms with Crippen LogP contribution in [0.15, 0.2) is 55.0 Å². The molecule has 10 heteroatoms. The number of aromatic nitrogens is 3. The molecule has 0 unspecified atom stereocenters. The minimum atomic E-state index is -4.58. The van der Waals surface area contributed by atoms with Crippen LogP contribution in [0.5, 0.6) is 0 Å². The molecule has 172 valence electrons. The van der Waals surface area contributed by atoms with Gasteiger partial charge in [-0.25, -0.2) is 0 Å². The van der Waals surface area contributed by atoms with E-state index >= 15 is 0 Å². The predicted octanol–water partition coefficient (Wildman–Crippen LogP) is 3.97. The van der Waals surface area contributed by atoms with Gasteiger partial charge in [-0.1, -0.05) is 12.1 Å². The molecule has 2 N–H and O–H groups in total. The van der Waals surface area contributed by atoms with Crippen LogP contribution < -0.4 is 5.32 Å². The molecule has 33 heavy (non-hydrogen) atoms. The Morgan fingerprint density at radius 3 is 2.61 bits per heavy atom. The van der Waals surface area contributed by atoms with E-state index in [0.29, 0.717) is 11.3 Å². The number of pyridine rings is 1. The van der Waals surface area contributed by atoms with Crippen molar-refractivity contribution < 1.29 is 22.7 Å². The molecule has 1 aliphatic heterocycles. The number of hydrogen-bond acceptors (Lipinski definition) is 5. The Hall–Kier alpha value is -3.50. The van der Waals surface area contributed by atoms with E-state index in [1.54, 1.807) is 0 Å². The largest absolute Gasteiger partial charge is 0.433 e. The number of nitrogens with one attached hydrogen (secondary N) is 2. The summed E-state index contributed by atoms with van der Waals surface area (Å²) in [4.78, 5) is 18.6. The Bertz CT molecular complexity index is 1120. The van der Waals surface area contributed by atoms with E-state index in [9.17, 15) is 18.0 Å². The number of nitrogens with zero attached hydrogens (tertiary/aromatic N) is 3. The van der Waals surface area contributed by atoms with Crippen molar-refractivity contribution in [3.63, 3.8) is 0 Å². The average Bonchev–Trinajstić information content (AvgIpc) is 3.31. The first kappa shape index (κ1) is 22.7. The van der Waals surface area contributed by atoms with Crippen molar-refractivity contribution in [3.8, 4) is 11.1 Å². The second-order valence-corrected chi connectivity index (χ2v) is 7.53. The van der Waals surface area contributed by atoms with E-state index < -0.39 is 17.8 Å². The van der Waals surface area contributed by atoms with Gasteiger partial charge in [-0.2, -0.15) is 18.3 Å². The Balaban J connectivity index is 1.42. The summed E-state index contributed by atoms with van der Waals surface area (Å²) in [6.45, 7) is 4.06. The Morgan fingerprint density at radius 1 is 1.12 bits per heavy atom. The number of morpholine rings is 1. The van der Waals surface area contributed by atoms with Gasteiger partial charge in [0.2, 0.25) is 5.91 Å². The molecular formula is C23H22F3N5O2. The second-order valence-electron chi connectivity index (χ2n) is 7.53. The van der Waals surface area contributed by atoms with Gasteiger partial charge in [0, 0.05) is 54.9 Å². The summed E-state index contributed by atoms with van der Waals surface area (Å²) in [5.41, 5.74) is 1.32. The van der Waals surface area contributed by atoms with Crippen molar-refractivity contribution in [1.82, 2.24) is 20.1 Å². The van der Waals surface area contributed by atoms with Crippen molar-refractivity contribution in [2.24, 2.45) is 0 Å². The number of carbonyl (C=O) groups excluding carboxylic acids is 1. The highest BCUT2D eigenvalue weighted by Crippen LogP contribution is 2.36. The van der Waals surface area contributed by atoms with Gasteiger partial charge in [-0.15, -0.1) is 0 Å². The summed E-state index contributed by atoms with van der Waals surface area (Å²) in [5.74, 6) is -0.408. The number of rotatable bonds is 6. The first-order valence-electron chi connectivity index (χ1n) is 10.3. The van der Waals surface area contributed by atoms with Crippen molar-refractivity contribution >= 4 is 17.7 Å². The second kappa shape index (κ2) is 9.97. The fourth-order valence-corrected chi connectivity index (χ4v) is 3.55. The van der Waals surface area contributed by atoms with E-state index in [4.69, 9.17) is 4.74 Å². The highest BCUT2D eigenvalue weighted by molar-refractivity contribution is 6.02. The topological polar surface area (TPSA) is 83.1 Å². The van der Waals surface area contributed by atoms with E-state index in [2.05, 4.69) is 20.3 Å². The van der Waals surface area contributed by atoms with Crippen LogP contribution in [-0.4, -0.2) is 52.3 Å². The van der Waals surface area contributed by atoms with Crippen LogP contribution in [0.1, 0.15) is 16.8 Å². The van der Waals surface area contributed by atoms with Crippen molar-refractivity contribution in [1.29, 1.82) is 0 Å². The SMILES string of the molecule is O=C(C=Cc1cnccc1-c1cn[nH]c1C(F)(F)F)Nc1ccc(CN2CCOCC2)cc1. The summed E-state index contributed by atoms with van der Waals surface area (Å²) < 4.78 is 45.1. The maximum absolute atomic E-state index is 13.2. The summed E-state index contributed by atoms with van der Waals surface area (Å²) >= 11 is 0. The molecule has 7 nitrogen and oxygen atoms in total. The van der Waals surface area contributed by atoms with Gasteiger partial charge in [-0.3, -0.25) is 19.8 Å². The molecule has 3 aromatic rings. The highest BCUT2D eigenvalue weighted by atomic mass is 19.4. The van der Waals surface area contributed by atoms with Gasteiger partial charge in [0.25, 0.3) is 0 Å². The molecule has 1 aliphatic rings. The zero-order chi connectivity index (χ0) is 23.3. The fraction of sp³-hybridized carbons (Fsp3) is 0.261. The number of anilines is 1. The molecule has 1 fully saturated rings. The van der Waals surface area contributed by atoms with Crippen LogP contribution in [-0.2, 0) is 22.3 Å². The number of hydrogen-bond donors (Lipinski definition) is 2. The van der Waals surface area contributed by atoms with Crippen molar-refractivity contribution in [2.75, 3.05) is 31.6 Å². The van der Waals surface area contributed by atoms with Gasteiger partial charge in [0.15, 0.2) is 0 Å². The number of aromatic amines is 1. The lowest BCUT2D eigenvalue weighted by molar-refractivity contribution is -0.140. The Morgan fingerprint density at radius 2 is 1.88 bits per heavy atom. The molecule has 0 saturated carbocycles. The number of ether oxygens (including phenoxy) is 1. The average molecular weight is 457 g/mol. The lowest BCUT2D eigenvalue weighted by Crippen LogP contribution is -2.35. The fourth-order valence-electron chi connectivity index (χ4n) is 3.55. The zero-order valence-corrected chi connectivity index (χ0v) is 17.6. The molecule has 0 aliphatic carbocycles. The summed E-state index contributed by atoms with van der Waals surface area (Å²) in [6.07, 6.45) is 1.99. The van der Waals surface area contributed by atoms with Crippen LogP contribution in [0.4, 0.5) is 18.9 Å². The number of halogens is 3. The standard InChI is InChI=1S/C23H22F3N5O2/c24-23(25,26)22-20(14-28-30-22)19-7-8-27-13-17(19)3-6-21(32)29-18-4-1-16(2-5-18)15-31-9-11-33-12-10-31/h1-8,13-14H,9-12,15H2,(H,28,30)(H,29,32). The molecule has 0 radical (unpaired) electrons. The third-order valence-electron chi connectivity index (χ3n) is 5.21. The van der Waals surface area contributed by atoms with E-state index in [1.807, 2.05) is 29.4 Å². The smallest absolute Gasteiger partial charge is 0.379 e. The van der Waals surface area contributed by atoms with Gasteiger partial charge in [0.05, 0.1) is 19.4 Å². The number of amides is 1. The van der Waals surface area contributed by atoms with E-state index in [-0.39, 0.29) is 11.1 Å². The number of alkyl halides is 3. The quantitative estimate of drug-likeness (QED) is 0.548. The lowest BCUT2D eigenvalue weighted by Gasteiger charge is -2.26. The summed E-state index contributed by atoms with van der Waals surface area (Å²) in [7, 11) is 0. The van der Waals surface area contributed by atoms with Crippen molar-refractivity contribution in [2.45, 2.75) is 12.7 Å². The van der Waals surface area contributed by atoms with Gasteiger partial charge in [-0.05, 0) is 35.4 Å². The number of H-pyrrole nitrogens is 1. The zero-order valence-electron chi connectivity index (χ0n) is 17.6. The van der Waals surface area contributed by atoms with Crippen molar-refractivity contribution in [3.05, 3.63) is 71.8 Å². The van der Waals surface area contributed by atoms with Crippen LogP contribution in [0.3, 0.4) is 0 Å². The Kier molecular flexibility index (Phi) is 6.85. The van der Waals surface area contributed by atoms with Gasteiger partial charge >= 0.3 is 6.18 Å². The molecule has 4 rings (SSSR count). The number of benzene rings is 1. The summed E-state index contributed by atoms with van der Waals surface area (Å²) in [6, 6.07) is 8.98. The van der Waals surface area contributed by atoms with Crippen LogP contribution in [0, 0.1) is 0 Å². The number of carbonyl (C=O) groups is 1. The molecule has 0 atom stereocenters. The molecule has 0 bridgehead atoms. The van der Waals surface area contributed by atoms with E-state index in [1.165, 1.54) is 30.6 Å². The molecule has 3 heterocycles. The van der Waals surface area contributed by atoms with Crippen LogP contribution >= 0.6 is 0 Å². The minimum absolute atomic E-state index is 0.110. The lowest BCUT2D eigenvalue weighted by atomic mass is 10.0. The monoisotopic (exact) mass is 457 g/mol. The molecule has 0 spiro atoms. The van der Waals surface area contributed by atoms with Gasteiger partial charge in [0.1, 0.15) is 5.69 Å². The van der Waals surface area contributed by atoms with Crippen LogP contribution in [0.2, 0.25) is 0 Å². The molecule has 1 amide bonds. The molecule has 1 saturated heterocycles. The maximum atomic E-state index is 13.2. The first-order chi connectivity index (χ1) is 15.9. The molecular weight excluding hydrogens is 435 g/mol. The third kappa shape index (κ3) is 5.85. The highest BCUT2D eigenvalue weighted by Gasteiger charge is 2.36. The van der Waals surface area contributed by atoms with Crippen LogP contribution in [0.25, 0.3) is 17.2 Å². The predicted molar refractivity (Wildman–Crippen MR) is 117 cm³/mol. The Labute approximate surface area is 188 Å².